The molecule has 0 spiro atoms. The van der Waals surface area contributed by atoms with Gasteiger partial charge in [0.1, 0.15) is 11.6 Å². The van der Waals surface area contributed by atoms with Crippen LogP contribution in [0.2, 0.25) is 0 Å². The smallest absolute Gasteiger partial charge is 0.223 e. The van der Waals surface area contributed by atoms with Gasteiger partial charge in [-0.25, -0.2) is 0 Å². The highest BCUT2D eigenvalue weighted by molar-refractivity contribution is 5.76. The van der Waals surface area contributed by atoms with Crippen molar-refractivity contribution in [1.82, 2.24) is 15.3 Å². The SMILES string of the molecule is CCCNC(=O)CCNc1cc(NC)nc(N)n1. The zero-order valence-electron chi connectivity index (χ0n) is 10.8. The van der Waals surface area contributed by atoms with Gasteiger partial charge in [0.15, 0.2) is 0 Å². The van der Waals surface area contributed by atoms with Crippen molar-refractivity contribution in [1.29, 1.82) is 0 Å². The molecule has 0 radical (unpaired) electrons. The fourth-order valence-electron chi connectivity index (χ4n) is 1.34. The Morgan fingerprint density at radius 3 is 2.72 bits per heavy atom. The molecular weight excluding hydrogens is 232 g/mol. The first-order chi connectivity index (χ1) is 8.65. The molecule has 0 saturated heterocycles. The minimum absolute atomic E-state index is 0.0280. The summed E-state index contributed by atoms with van der Waals surface area (Å²) in [5.41, 5.74) is 5.55. The van der Waals surface area contributed by atoms with E-state index in [-0.39, 0.29) is 11.9 Å². The molecule has 0 atom stereocenters. The fraction of sp³-hybridized carbons (Fsp3) is 0.545. The molecule has 1 aromatic rings. The molecule has 7 nitrogen and oxygen atoms in total. The van der Waals surface area contributed by atoms with Crippen molar-refractivity contribution in [2.75, 3.05) is 36.5 Å². The van der Waals surface area contributed by atoms with Crippen molar-refractivity contribution < 1.29 is 4.79 Å². The van der Waals surface area contributed by atoms with Crippen molar-refractivity contribution in [2.45, 2.75) is 19.8 Å². The zero-order chi connectivity index (χ0) is 13.4. The van der Waals surface area contributed by atoms with E-state index in [0.29, 0.717) is 31.1 Å². The Bertz CT molecular complexity index is 395. The molecule has 7 heteroatoms. The summed E-state index contributed by atoms with van der Waals surface area (Å²) in [5, 5.41) is 8.72. The third-order valence-electron chi connectivity index (χ3n) is 2.23. The Labute approximate surface area is 107 Å². The van der Waals surface area contributed by atoms with E-state index in [2.05, 4.69) is 25.9 Å². The van der Waals surface area contributed by atoms with Crippen molar-refractivity contribution in [3.8, 4) is 0 Å². The minimum atomic E-state index is 0.0280. The molecule has 0 aliphatic heterocycles. The van der Waals surface area contributed by atoms with Gasteiger partial charge >= 0.3 is 0 Å². The molecule has 0 unspecified atom stereocenters. The molecule has 1 rings (SSSR count). The lowest BCUT2D eigenvalue weighted by atomic mass is 10.3. The molecule has 1 aromatic heterocycles. The molecular formula is C11H20N6O. The largest absolute Gasteiger partial charge is 0.373 e. The maximum absolute atomic E-state index is 11.4. The zero-order valence-corrected chi connectivity index (χ0v) is 10.8. The summed E-state index contributed by atoms with van der Waals surface area (Å²) >= 11 is 0. The van der Waals surface area contributed by atoms with Gasteiger partial charge in [-0.1, -0.05) is 6.92 Å². The number of hydrogen-bond acceptors (Lipinski definition) is 6. The maximum atomic E-state index is 11.4. The number of nitrogen functional groups attached to an aromatic ring is 1. The van der Waals surface area contributed by atoms with E-state index >= 15 is 0 Å². The van der Waals surface area contributed by atoms with Crippen LogP contribution in [0.15, 0.2) is 6.07 Å². The average Bonchev–Trinajstić information content (AvgIpc) is 2.35. The molecule has 0 aliphatic rings. The number of nitrogens with two attached hydrogens (primary N) is 1. The molecule has 1 amide bonds. The van der Waals surface area contributed by atoms with Gasteiger partial charge in [0.05, 0.1) is 0 Å². The van der Waals surface area contributed by atoms with Crippen LogP contribution in [0, 0.1) is 0 Å². The lowest BCUT2D eigenvalue weighted by Crippen LogP contribution is -2.26. The van der Waals surface area contributed by atoms with Crippen LogP contribution in [0.1, 0.15) is 19.8 Å². The highest BCUT2D eigenvalue weighted by Gasteiger charge is 2.02. The summed E-state index contributed by atoms with van der Waals surface area (Å²) in [4.78, 5) is 19.4. The van der Waals surface area contributed by atoms with Crippen LogP contribution in [-0.2, 0) is 4.79 Å². The Hall–Kier alpha value is -2.05. The number of anilines is 3. The van der Waals surface area contributed by atoms with Gasteiger partial charge < -0.3 is 21.7 Å². The maximum Gasteiger partial charge on any atom is 0.223 e. The Morgan fingerprint density at radius 1 is 1.33 bits per heavy atom. The summed E-state index contributed by atoms with van der Waals surface area (Å²) in [5.74, 6) is 1.47. The predicted octanol–water partition coefficient (Wildman–Crippen LogP) is 0.429. The topological polar surface area (TPSA) is 105 Å². The Balaban J connectivity index is 2.39. The van der Waals surface area contributed by atoms with Crippen molar-refractivity contribution in [2.24, 2.45) is 0 Å². The van der Waals surface area contributed by atoms with E-state index in [0.717, 1.165) is 6.42 Å². The second-order valence-corrected chi connectivity index (χ2v) is 3.77. The van der Waals surface area contributed by atoms with E-state index in [4.69, 9.17) is 5.73 Å². The summed E-state index contributed by atoms with van der Waals surface area (Å²) in [6.07, 6.45) is 1.34. The lowest BCUT2D eigenvalue weighted by molar-refractivity contribution is -0.120. The van der Waals surface area contributed by atoms with E-state index < -0.39 is 0 Å². The monoisotopic (exact) mass is 252 g/mol. The summed E-state index contributed by atoms with van der Waals surface area (Å²) in [7, 11) is 1.75. The lowest BCUT2D eigenvalue weighted by Gasteiger charge is -2.08. The summed E-state index contributed by atoms with van der Waals surface area (Å²) < 4.78 is 0. The van der Waals surface area contributed by atoms with Gasteiger partial charge in [0, 0.05) is 32.6 Å². The van der Waals surface area contributed by atoms with Crippen LogP contribution in [0.3, 0.4) is 0 Å². The predicted molar refractivity (Wildman–Crippen MR) is 72.4 cm³/mol. The number of carbonyl (C=O) groups is 1. The number of amides is 1. The van der Waals surface area contributed by atoms with Crippen LogP contribution >= 0.6 is 0 Å². The highest BCUT2D eigenvalue weighted by atomic mass is 16.1. The molecule has 100 valence electrons. The first kappa shape index (κ1) is 14.0. The molecule has 0 aliphatic carbocycles. The van der Waals surface area contributed by atoms with Gasteiger partial charge in [0.25, 0.3) is 0 Å². The van der Waals surface area contributed by atoms with Gasteiger partial charge in [-0.3, -0.25) is 4.79 Å². The third kappa shape index (κ3) is 4.86. The first-order valence-corrected chi connectivity index (χ1v) is 5.98. The van der Waals surface area contributed by atoms with Gasteiger partial charge in [-0.15, -0.1) is 0 Å². The van der Waals surface area contributed by atoms with Crippen LogP contribution in [0.5, 0.6) is 0 Å². The van der Waals surface area contributed by atoms with Crippen LogP contribution in [0.4, 0.5) is 17.6 Å². The van der Waals surface area contributed by atoms with Gasteiger partial charge in [-0.05, 0) is 6.42 Å². The van der Waals surface area contributed by atoms with Gasteiger partial charge in [0.2, 0.25) is 11.9 Å². The molecule has 0 bridgehead atoms. The quantitative estimate of drug-likeness (QED) is 0.561. The molecule has 0 fully saturated rings. The van der Waals surface area contributed by atoms with E-state index in [1.54, 1.807) is 13.1 Å². The normalized spacial score (nSPS) is 9.89. The van der Waals surface area contributed by atoms with Crippen molar-refractivity contribution >= 4 is 23.5 Å². The van der Waals surface area contributed by atoms with Crippen LogP contribution in [0.25, 0.3) is 0 Å². The Kier molecular flexibility index (Phi) is 5.69. The Morgan fingerprint density at radius 2 is 2.06 bits per heavy atom. The minimum Gasteiger partial charge on any atom is -0.373 e. The first-order valence-electron chi connectivity index (χ1n) is 5.98. The van der Waals surface area contributed by atoms with Crippen molar-refractivity contribution in [3.05, 3.63) is 6.07 Å². The third-order valence-corrected chi connectivity index (χ3v) is 2.23. The number of hydrogen-bond donors (Lipinski definition) is 4. The molecule has 5 N–H and O–H groups in total. The molecule has 18 heavy (non-hydrogen) atoms. The van der Waals surface area contributed by atoms with E-state index in [1.807, 2.05) is 6.92 Å². The summed E-state index contributed by atoms with van der Waals surface area (Å²) in [6.45, 7) is 3.24. The number of nitrogens with one attached hydrogen (secondary N) is 3. The fourth-order valence-corrected chi connectivity index (χ4v) is 1.34. The molecule has 1 heterocycles. The van der Waals surface area contributed by atoms with Crippen LogP contribution < -0.4 is 21.7 Å². The number of rotatable bonds is 7. The average molecular weight is 252 g/mol. The van der Waals surface area contributed by atoms with E-state index in [1.165, 1.54) is 0 Å². The summed E-state index contributed by atoms with van der Waals surface area (Å²) in [6, 6.07) is 1.74. The van der Waals surface area contributed by atoms with Crippen molar-refractivity contribution in [3.63, 3.8) is 0 Å². The number of carbonyl (C=O) groups excluding carboxylic acids is 1. The molecule has 0 aromatic carbocycles. The van der Waals surface area contributed by atoms with E-state index in [9.17, 15) is 4.79 Å². The highest BCUT2D eigenvalue weighted by Crippen LogP contribution is 2.11. The standard InChI is InChI=1S/C11H20N6O/c1-3-5-15-10(18)4-6-14-9-7-8(13-2)16-11(12)17-9/h7H,3-6H2,1-2H3,(H,15,18)(H4,12,13,14,16,17). The van der Waals surface area contributed by atoms with Gasteiger partial charge in [-0.2, -0.15) is 9.97 Å². The van der Waals surface area contributed by atoms with Crippen LogP contribution in [-0.4, -0.2) is 36.0 Å². The number of aromatic nitrogens is 2. The second-order valence-electron chi connectivity index (χ2n) is 3.77. The molecule has 0 saturated carbocycles. The number of nitrogens with zero attached hydrogens (tertiary/aromatic N) is 2. The second kappa shape index (κ2) is 7.31.